The van der Waals surface area contributed by atoms with Crippen LogP contribution in [0.5, 0.6) is 0 Å². The Labute approximate surface area is 151 Å². The normalized spacial score (nSPS) is 20.2. The lowest BCUT2D eigenvalue weighted by Crippen LogP contribution is -2.53. The summed E-state index contributed by atoms with van der Waals surface area (Å²) in [5.41, 5.74) is 2.21. The summed E-state index contributed by atoms with van der Waals surface area (Å²) in [5.74, 6) is -2.04. The van der Waals surface area contributed by atoms with Gasteiger partial charge in [-0.05, 0) is 32.3 Å². The number of furan rings is 1. The first-order valence-corrected chi connectivity index (χ1v) is 8.59. The Kier molecular flexibility index (Phi) is 4.71. The number of piperidine rings is 1. The highest BCUT2D eigenvalue weighted by Gasteiger charge is 2.40. The Bertz CT molecular complexity index is 885. The Balaban J connectivity index is 2.00. The number of hydrogen-bond donors (Lipinski definition) is 2. The molecule has 1 aromatic heterocycles. The van der Waals surface area contributed by atoms with Crippen molar-refractivity contribution in [3.05, 3.63) is 35.1 Å². The zero-order valence-corrected chi connectivity index (χ0v) is 15.0. The zero-order valence-electron chi connectivity index (χ0n) is 15.0. The number of carbonyl (C=O) groups excluding carboxylic acids is 2. The number of rotatable bonds is 3. The number of fused-ring (bicyclic) bond motifs is 1. The van der Waals surface area contributed by atoms with Gasteiger partial charge in [0.1, 0.15) is 11.6 Å². The number of nitrogens with zero attached hydrogens (tertiary/aromatic N) is 1. The molecular weight excluding hydrogens is 336 g/mol. The zero-order chi connectivity index (χ0) is 19.0. The van der Waals surface area contributed by atoms with Crippen LogP contribution in [0.15, 0.2) is 22.6 Å². The number of nitrogens with one attached hydrogen (secondary N) is 1. The third-order valence-corrected chi connectivity index (χ3v) is 5.10. The molecule has 0 radical (unpaired) electrons. The minimum Gasteiger partial charge on any atom is -0.480 e. The van der Waals surface area contributed by atoms with E-state index >= 15 is 0 Å². The van der Waals surface area contributed by atoms with E-state index in [4.69, 9.17) is 4.42 Å². The molecule has 1 fully saturated rings. The fraction of sp³-hybridized carbons (Fsp3) is 0.421. The number of carbonyl (C=O) groups is 3. The second kappa shape index (κ2) is 6.82. The van der Waals surface area contributed by atoms with E-state index in [2.05, 4.69) is 5.32 Å². The fourth-order valence-corrected chi connectivity index (χ4v) is 3.59. The van der Waals surface area contributed by atoms with E-state index in [1.165, 1.54) is 11.9 Å². The van der Waals surface area contributed by atoms with Gasteiger partial charge in [0.25, 0.3) is 5.91 Å². The molecule has 1 aliphatic rings. The van der Waals surface area contributed by atoms with E-state index in [1.807, 2.05) is 25.1 Å². The van der Waals surface area contributed by atoms with E-state index in [0.29, 0.717) is 17.6 Å². The van der Waals surface area contributed by atoms with Gasteiger partial charge in [-0.25, -0.2) is 4.79 Å². The topological polar surface area (TPSA) is 99.9 Å². The number of aryl methyl sites for hydroxylation is 2. The highest BCUT2D eigenvalue weighted by Crippen LogP contribution is 2.31. The molecule has 0 aliphatic carbocycles. The van der Waals surface area contributed by atoms with E-state index in [1.54, 1.807) is 6.92 Å². The largest absolute Gasteiger partial charge is 0.480 e. The lowest BCUT2D eigenvalue weighted by Gasteiger charge is -2.36. The molecule has 1 aliphatic heterocycles. The molecule has 0 spiro atoms. The van der Waals surface area contributed by atoms with Crippen LogP contribution in [0.4, 0.5) is 0 Å². The van der Waals surface area contributed by atoms with Crippen LogP contribution in [0.25, 0.3) is 11.0 Å². The van der Waals surface area contributed by atoms with Crippen LogP contribution in [0.1, 0.15) is 34.5 Å². The Hall–Kier alpha value is -2.83. The molecule has 0 saturated carbocycles. The predicted octanol–water partition coefficient (Wildman–Crippen LogP) is 2.10. The van der Waals surface area contributed by atoms with Gasteiger partial charge in [-0.15, -0.1) is 0 Å². The smallest absolute Gasteiger partial charge is 0.326 e. The van der Waals surface area contributed by atoms with Crippen molar-refractivity contribution in [1.82, 2.24) is 10.2 Å². The molecule has 1 aromatic carbocycles. The fourth-order valence-electron chi connectivity index (χ4n) is 3.59. The molecular formula is C19H22N2O5. The maximum atomic E-state index is 13.1. The van der Waals surface area contributed by atoms with Crippen LogP contribution in [-0.2, 0) is 9.59 Å². The van der Waals surface area contributed by atoms with Crippen LogP contribution in [0.2, 0.25) is 0 Å². The van der Waals surface area contributed by atoms with Gasteiger partial charge >= 0.3 is 5.97 Å². The number of benzene rings is 1. The first-order chi connectivity index (χ1) is 12.3. The SMILES string of the molecule is CNC(=O)[C@H]1CC[C@@H](C(=O)O)N(C(=O)c2oc3c(C)cccc3c2C)C1. The molecule has 2 amide bonds. The average molecular weight is 358 g/mol. The lowest BCUT2D eigenvalue weighted by molar-refractivity contribution is -0.145. The standard InChI is InChI=1S/C19H22N2O5/c1-10-5-4-6-13-11(2)16(26-15(10)13)18(23)21-9-12(17(22)20-3)7-8-14(21)19(24)25/h4-6,12,14H,7-9H2,1-3H3,(H,20,22)(H,24,25)/t12-,14-/m0/s1. The van der Waals surface area contributed by atoms with Gasteiger partial charge in [-0.2, -0.15) is 0 Å². The van der Waals surface area contributed by atoms with E-state index < -0.39 is 23.8 Å². The van der Waals surface area contributed by atoms with Gasteiger partial charge in [0, 0.05) is 24.5 Å². The molecule has 2 heterocycles. The maximum Gasteiger partial charge on any atom is 0.326 e. The second-order valence-electron chi connectivity index (χ2n) is 6.71. The monoisotopic (exact) mass is 358 g/mol. The highest BCUT2D eigenvalue weighted by molar-refractivity contribution is 6.01. The number of amides is 2. The van der Waals surface area contributed by atoms with E-state index in [9.17, 15) is 19.5 Å². The first-order valence-electron chi connectivity index (χ1n) is 8.59. The third-order valence-electron chi connectivity index (χ3n) is 5.10. The number of para-hydroxylation sites is 1. The lowest BCUT2D eigenvalue weighted by atomic mass is 9.91. The Morgan fingerprint density at radius 3 is 2.58 bits per heavy atom. The van der Waals surface area contributed by atoms with Crippen molar-refractivity contribution in [3.8, 4) is 0 Å². The van der Waals surface area contributed by atoms with Crippen LogP contribution >= 0.6 is 0 Å². The molecule has 3 rings (SSSR count). The number of aliphatic carboxylic acids is 1. The summed E-state index contributed by atoms with van der Waals surface area (Å²) in [6.45, 7) is 3.74. The molecule has 7 nitrogen and oxygen atoms in total. The van der Waals surface area contributed by atoms with Gasteiger partial charge in [0.2, 0.25) is 5.91 Å². The van der Waals surface area contributed by atoms with E-state index in [-0.39, 0.29) is 24.6 Å². The first kappa shape index (κ1) is 18.0. The summed E-state index contributed by atoms with van der Waals surface area (Å²) in [6, 6.07) is 4.69. The summed E-state index contributed by atoms with van der Waals surface area (Å²) >= 11 is 0. The minimum atomic E-state index is -1.07. The van der Waals surface area contributed by atoms with Crippen LogP contribution in [-0.4, -0.2) is 47.4 Å². The van der Waals surface area contributed by atoms with Crippen molar-refractivity contribution in [2.24, 2.45) is 5.92 Å². The maximum absolute atomic E-state index is 13.1. The number of carboxylic acids is 1. The Morgan fingerprint density at radius 1 is 1.23 bits per heavy atom. The van der Waals surface area contributed by atoms with Crippen molar-refractivity contribution in [2.45, 2.75) is 32.7 Å². The van der Waals surface area contributed by atoms with Crippen LogP contribution < -0.4 is 5.32 Å². The van der Waals surface area contributed by atoms with Gasteiger partial charge in [0.15, 0.2) is 5.76 Å². The predicted molar refractivity (Wildman–Crippen MR) is 94.9 cm³/mol. The molecule has 2 N–H and O–H groups in total. The molecule has 26 heavy (non-hydrogen) atoms. The highest BCUT2D eigenvalue weighted by atomic mass is 16.4. The molecule has 2 atom stereocenters. The van der Waals surface area contributed by atoms with Gasteiger partial charge in [-0.1, -0.05) is 18.2 Å². The number of carboxylic acid groups (broad SMARTS) is 1. The molecule has 138 valence electrons. The summed E-state index contributed by atoms with van der Waals surface area (Å²) in [5, 5.41) is 12.9. The molecule has 0 unspecified atom stereocenters. The Morgan fingerprint density at radius 2 is 1.96 bits per heavy atom. The quantitative estimate of drug-likeness (QED) is 0.875. The van der Waals surface area contributed by atoms with Gasteiger partial charge < -0.3 is 19.7 Å². The van der Waals surface area contributed by atoms with Gasteiger partial charge in [0.05, 0.1) is 5.92 Å². The summed E-state index contributed by atoms with van der Waals surface area (Å²) in [4.78, 5) is 38.0. The van der Waals surface area contributed by atoms with Crippen LogP contribution in [0, 0.1) is 19.8 Å². The van der Waals surface area contributed by atoms with Crippen LogP contribution in [0.3, 0.4) is 0 Å². The van der Waals surface area contributed by atoms with Gasteiger partial charge in [-0.3, -0.25) is 9.59 Å². The third kappa shape index (κ3) is 2.94. The molecule has 7 heteroatoms. The minimum absolute atomic E-state index is 0.0605. The summed E-state index contributed by atoms with van der Waals surface area (Å²) < 4.78 is 5.81. The van der Waals surface area contributed by atoms with Crippen molar-refractivity contribution in [3.63, 3.8) is 0 Å². The summed E-state index contributed by atoms with van der Waals surface area (Å²) in [6.07, 6.45) is 0.663. The summed E-state index contributed by atoms with van der Waals surface area (Å²) in [7, 11) is 1.53. The van der Waals surface area contributed by atoms with Crippen molar-refractivity contribution < 1.29 is 23.9 Å². The van der Waals surface area contributed by atoms with Crippen molar-refractivity contribution in [1.29, 1.82) is 0 Å². The molecule has 1 saturated heterocycles. The average Bonchev–Trinajstić information content (AvgIpc) is 2.98. The second-order valence-corrected chi connectivity index (χ2v) is 6.71. The molecule has 0 bridgehead atoms. The number of likely N-dealkylation sites (tertiary alicyclic amines) is 1. The van der Waals surface area contributed by atoms with Crippen molar-refractivity contribution in [2.75, 3.05) is 13.6 Å². The number of hydrogen-bond acceptors (Lipinski definition) is 4. The molecule has 2 aromatic rings. The van der Waals surface area contributed by atoms with E-state index in [0.717, 1.165) is 10.9 Å². The van der Waals surface area contributed by atoms with Crippen molar-refractivity contribution >= 4 is 28.8 Å².